The highest BCUT2D eigenvalue weighted by molar-refractivity contribution is 7.21. The zero-order chi connectivity index (χ0) is 26.8. The van der Waals surface area contributed by atoms with Gasteiger partial charge in [0.05, 0.1) is 12.1 Å². The number of carbonyl (C=O) groups excluding carboxylic acids is 1. The van der Waals surface area contributed by atoms with Gasteiger partial charge in [0, 0.05) is 46.0 Å². The fourth-order valence-electron chi connectivity index (χ4n) is 5.38. The SMILES string of the molecule is COc1ccc(-c2ccc(N)nc2)cc1CN(C(=O)c1sc2ccccc2c1Cl)[C@H]1CC[C@H](N(C)C)CC1. The van der Waals surface area contributed by atoms with E-state index in [0.717, 1.165) is 58.2 Å². The minimum atomic E-state index is -0.0221. The smallest absolute Gasteiger partial charge is 0.266 e. The third-order valence-corrected chi connectivity index (χ3v) is 9.23. The van der Waals surface area contributed by atoms with Crippen molar-refractivity contribution in [2.24, 2.45) is 0 Å². The summed E-state index contributed by atoms with van der Waals surface area (Å²) in [6, 6.07) is 18.4. The van der Waals surface area contributed by atoms with Crippen LogP contribution in [-0.4, -0.2) is 54.0 Å². The van der Waals surface area contributed by atoms with Crippen molar-refractivity contribution in [1.82, 2.24) is 14.8 Å². The van der Waals surface area contributed by atoms with E-state index in [1.807, 2.05) is 47.4 Å². The number of hydrogen-bond acceptors (Lipinski definition) is 6. The summed E-state index contributed by atoms with van der Waals surface area (Å²) in [7, 11) is 5.93. The van der Waals surface area contributed by atoms with Gasteiger partial charge in [-0.05, 0) is 75.7 Å². The summed E-state index contributed by atoms with van der Waals surface area (Å²) < 4.78 is 6.77. The summed E-state index contributed by atoms with van der Waals surface area (Å²) >= 11 is 8.26. The maximum Gasteiger partial charge on any atom is 0.266 e. The number of halogens is 1. The molecule has 198 valence electrons. The Bertz CT molecular complexity index is 1430. The molecule has 0 radical (unpaired) electrons. The quantitative estimate of drug-likeness (QED) is 0.277. The Morgan fingerprint density at radius 1 is 1.05 bits per heavy atom. The Labute approximate surface area is 233 Å². The van der Waals surface area contributed by atoms with Crippen molar-refractivity contribution in [2.45, 2.75) is 44.3 Å². The van der Waals surface area contributed by atoms with Gasteiger partial charge >= 0.3 is 0 Å². The van der Waals surface area contributed by atoms with Gasteiger partial charge in [0.15, 0.2) is 0 Å². The molecular weight excluding hydrogens is 516 g/mol. The van der Waals surface area contributed by atoms with Crippen LogP contribution in [0, 0.1) is 0 Å². The van der Waals surface area contributed by atoms with Crippen LogP contribution >= 0.6 is 22.9 Å². The lowest BCUT2D eigenvalue weighted by molar-refractivity contribution is 0.0573. The first-order chi connectivity index (χ1) is 18.4. The van der Waals surface area contributed by atoms with E-state index in [1.54, 1.807) is 19.4 Å². The first-order valence-electron chi connectivity index (χ1n) is 12.9. The molecule has 2 aromatic carbocycles. The molecule has 1 saturated carbocycles. The molecule has 0 atom stereocenters. The Morgan fingerprint density at radius 3 is 2.42 bits per heavy atom. The molecule has 2 heterocycles. The number of methoxy groups -OCH3 is 1. The van der Waals surface area contributed by atoms with E-state index < -0.39 is 0 Å². The first-order valence-corrected chi connectivity index (χ1v) is 14.1. The van der Waals surface area contributed by atoms with Crippen LogP contribution < -0.4 is 10.5 Å². The standard InChI is InChI=1S/C30H33ClN4O2S/c1-34(2)22-10-12-23(13-11-22)35(30(36)29-28(31)24-6-4-5-7-26(24)38-29)18-21-16-19(8-14-25(21)37-3)20-9-15-27(32)33-17-20/h4-9,14-17,22-23H,10-13,18H2,1-3H3,(H2,32,33)/t22-,23-. The third-order valence-electron chi connectivity index (χ3n) is 7.57. The molecule has 0 spiro atoms. The minimum absolute atomic E-state index is 0.0221. The maximum absolute atomic E-state index is 14.2. The van der Waals surface area contributed by atoms with Gasteiger partial charge in [-0.15, -0.1) is 11.3 Å². The van der Waals surface area contributed by atoms with Gasteiger partial charge < -0.3 is 20.3 Å². The lowest BCUT2D eigenvalue weighted by atomic mass is 9.89. The molecule has 1 fully saturated rings. The Morgan fingerprint density at radius 2 is 1.76 bits per heavy atom. The number of anilines is 1. The molecular formula is C30H33ClN4O2S. The fourth-order valence-corrected chi connectivity index (χ4v) is 6.84. The molecule has 0 unspecified atom stereocenters. The molecule has 8 heteroatoms. The average Bonchev–Trinajstić information content (AvgIpc) is 3.28. The molecule has 2 N–H and O–H groups in total. The van der Waals surface area contributed by atoms with Gasteiger partial charge in [-0.3, -0.25) is 4.79 Å². The van der Waals surface area contributed by atoms with Crippen molar-refractivity contribution in [1.29, 1.82) is 0 Å². The molecule has 0 bridgehead atoms. The average molecular weight is 549 g/mol. The second kappa shape index (κ2) is 11.3. The number of amides is 1. The van der Waals surface area contributed by atoms with Crippen LogP contribution in [0.5, 0.6) is 5.75 Å². The van der Waals surface area contributed by atoms with E-state index in [-0.39, 0.29) is 11.9 Å². The van der Waals surface area contributed by atoms with Gasteiger partial charge in [0.2, 0.25) is 0 Å². The molecule has 1 aliphatic rings. The monoisotopic (exact) mass is 548 g/mol. The highest BCUT2D eigenvalue weighted by Crippen LogP contribution is 2.38. The van der Waals surface area contributed by atoms with Crippen LogP contribution in [0.2, 0.25) is 5.02 Å². The highest BCUT2D eigenvalue weighted by Gasteiger charge is 2.33. The molecule has 6 nitrogen and oxygen atoms in total. The predicted molar refractivity (Wildman–Crippen MR) is 157 cm³/mol. The van der Waals surface area contributed by atoms with Gasteiger partial charge in [-0.1, -0.05) is 35.9 Å². The van der Waals surface area contributed by atoms with Crippen molar-refractivity contribution in [3.05, 3.63) is 76.3 Å². The van der Waals surface area contributed by atoms with Crippen LogP contribution in [-0.2, 0) is 6.54 Å². The van der Waals surface area contributed by atoms with E-state index in [4.69, 9.17) is 22.1 Å². The number of rotatable bonds is 7. The summed E-state index contributed by atoms with van der Waals surface area (Å²) in [6.07, 6.45) is 5.76. The first kappa shape index (κ1) is 26.5. The molecule has 2 aromatic heterocycles. The maximum atomic E-state index is 14.2. The number of nitrogens with two attached hydrogens (primary N) is 1. The number of ether oxygens (including phenoxy) is 1. The molecule has 1 amide bonds. The van der Waals surface area contributed by atoms with Crippen LogP contribution in [0.1, 0.15) is 40.9 Å². The summed E-state index contributed by atoms with van der Waals surface area (Å²) in [5.74, 6) is 1.21. The number of fused-ring (bicyclic) bond motifs is 1. The number of thiophene rings is 1. The van der Waals surface area contributed by atoms with Crippen molar-refractivity contribution in [2.75, 3.05) is 26.9 Å². The van der Waals surface area contributed by atoms with Gasteiger partial charge in [-0.25, -0.2) is 4.98 Å². The van der Waals surface area contributed by atoms with E-state index >= 15 is 0 Å². The Kier molecular flexibility index (Phi) is 7.88. The summed E-state index contributed by atoms with van der Waals surface area (Å²) in [5, 5.41) is 1.46. The molecule has 0 saturated heterocycles. The molecule has 0 aliphatic heterocycles. The van der Waals surface area contributed by atoms with Crippen molar-refractivity contribution in [3.8, 4) is 16.9 Å². The van der Waals surface area contributed by atoms with Crippen LogP contribution in [0.4, 0.5) is 5.82 Å². The van der Waals surface area contributed by atoms with Crippen molar-refractivity contribution >= 4 is 44.7 Å². The van der Waals surface area contributed by atoms with Crippen LogP contribution in [0.3, 0.4) is 0 Å². The number of pyridine rings is 1. The lowest BCUT2D eigenvalue weighted by Crippen LogP contribution is -2.44. The van der Waals surface area contributed by atoms with E-state index in [1.165, 1.54) is 11.3 Å². The van der Waals surface area contributed by atoms with E-state index in [9.17, 15) is 4.79 Å². The summed E-state index contributed by atoms with van der Waals surface area (Å²) in [4.78, 5) is 23.4. The number of aromatic nitrogens is 1. The van der Waals surface area contributed by atoms with Gasteiger partial charge in [-0.2, -0.15) is 0 Å². The van der Waals surface area contributed by atoms with Crippen LogP contribution in [0.15, 0.2) is 60.8 Å². The Hall–Kier alpha value is -3.13. The second-order valence-electron chi connectivity index (χ2n) is 10.1. The number of nitrogen functional groups attached to an aromatic ring is 1. The van der Waals surface area contributed by atoms with Crippen molar-refractivity contribution < 1.29 is 9.53 Å². The Balaban J connectivity index is 1.52. The predicted octanol–water partition coefficient (Wildman–Crippen LogP) is 6.72. The number of carbonyl (C=O) groups is 1. The van der Waals surface area contributed by atoms with Crippen LogP contribution in [0.25, 0.3) is 21.2 Å². The zero-order valence-corrected chi connectivity index (χ0v) is 23.6. The van der Waals surface area contributed by atoms with Gasteiger partial charge in [0.1, 0.15) is 16.4 Å². The van der Waals surface area contributed by atoms with Gasteiger partial charge in [0.25, 0.3) is 5.91 Å². The fraction of sp³-hybridized carbons (Fsp3) is 0.333. The number of benzene rings is 2. The lowest BCUT2D eigenvalue weighted by Gasteiger charge is -2.39. The molecule has 5 rings (SSSR count). The zero-order valence-electron chi connectivity index (χ0n) is 22.0. The van der Waals surface area contributed by atoms with E-state index in [0.29, 0.717) is 28.3 Å². The highest BCUT2D eigenvalue weighted by atomic mass is 35.5. The summed E-state index contributed by atoms with van der Waals surface area (Å²) in [5.41, 5.74) is 8.70. The molecule has 4 aromatic rings. The third kappa shape index (κ3) is 5.37. The number of nitrogens with zero attached hydrogens (tertiary/aromatic N) is 3. The topological polar surface area (TPSA) is 71.7 Å². The minimum Gasteiger partial charge on any atom is -0.496 e. The normalized spacial score (nSPS) is 17.6. The van der Waals surface area contributed by atoms with E-state index in [2.05, 4.69) is 30.0 Å². The largest absolute Gasteiger partial charge is 0.496 e. The molecule has 38 heavy (non-hydrogen) atoms. The second-order valence-corrected chi connectivity index (χ2v) is 11.5. The molecule has 1 aliphatic carbocycles. The summed E-state index contributed by atoms with van der Waals surface area (Å²) in [6.45, 7) is 0.431. The van der Waals surface area contributed by atoms with Crippen molar-refractivity contribution in [3.63, 3.8) is 0 Å². The number of hydrogen-bond donors (Lipinski definition) is 1.